The molecule has 1 N–H and O–H groups in total. The topological polar surface area (TPSA) is 60.2 Å². The summed E-state index contributed by atoms with van der Waals surface area (Å²) in [4.78, 5) is 0. The van der Waals surface area contributed by atoms with Crippen molar-refractivity contribution in [3.8, 4) is 5.75 Å². The molecule has 0 saturated heterocycles. The molecule has 0 spiro atoms. The zero-order valence-corrected chi connectivity index (χ0v) is 18.2. The van der Waals surface area contributed by atoms with E-state index in [0.29, 0.717) is 11.6 Å². The van der Waals surface area contributed by atoms with Gasteiger partial charge in [-0.15, -0.1) is 5.10 Å². The van der Waals surface area contributed by atoms with Gasteiger partial charge in [0.05, 0.1) is 13.3 Å². The Labute approximate surface area is 179 Å². The first kappa shape index (κ1) is 21.8. The van der Waals surface area contributed by atoms with Crippen LogP contribution in [0.2, 0.25) is 0 Å². The van der Waals surface area contributed by atoms with Crippen LogP contribution in [-0.2, 0) is 12.0 Å². The van der Waals surface area contributed by atoms with Gasteiger partial charge in [0.25, 0.3) is 0 Å². The van der Waals surface area contributed by atoms with E-state index in [2.05, 4.69) is 55.4 Å². The van der Waals surface area contributed by atoms with Gasteiger partial charge in [-0.3, -0.25) is 4.68 Å². The van der Waals surface area contributed by atoms with Gasteiger partial charge in [-0.05, 0) is 47.9 Å². The Kier molecular flexibility index (Phi) is 7.06. The predicted octanol–water partition coefficient (Wildman–Crippen LogP) is 4.93. The van der Waals surface area contributed by atoms with Crippen molar-refractivity contribution in [3.05, 3.63) is 89.8 Å². The van der Waals surface area contributed by atoms with E-state index in [1.807, 2.05) is 53.3 Å². The zero-order chi connectivity index (χ0) is 21.6. The fourth-order valence-corrected chi connectivity index (χ4v) is 3.79. The standard InChI is InChI=1S/C25H31N3O2/c1-5-9-20(25(2,3)21-12-14-22(30-4)15-13-21)16-17-28-18-23(26-27-28)24(29)19-10-7-6-8-11-19/h5-15,18,20,24,29H,16-17H2,1-4H3/b9-5+/t20-,24+/m0/s1. The molecule has 0 amide bonds. The van der Waals surface area contributed by atoms with Gasteiger partial charge in [-0.2, -0.15) is 0 Å². The molecule has 3 rings (SSSR count). The molecule has 0 saturated carbocycles. The molecule has 2 aromatic carbocycles. The highest BCUT2D eigenvalue weighted by molar-refractivity contribution is 5.33. The molecule has 5 nitrogen and oxygen atoms in total. The molecule has 30 heavy (non-hydrogen) atoms. The van der Waals surface area contributed by atoms with E-state index in [9.17, 15) is 5.11 Å². The molecule has 0 unspecified atom stereocenters. The molecule has 2 atom stereocenters. The number of allylic oxidation sites excluding steroid dienone is 2. The zero-order valence-electron chi connectivity index (χ0n) is 18.2. The Balaban J connectivity index is 1.71. The van der Waals surface area contributed by atoms with Crippen molar-refractivity contribution < 1.29 is 9.84 Å². The lowest BCUT2D eigenvalue weighted by Gasteiger charge is -2.33. The van der Waals surface area contributed by atoms with Gasteiger partial charge in [0.1, 0.15) is 17.5 Å². The Bertz CT molecular complexity index is 946. The third-order valence-corrected chi connectivity index (χ3v) is 5.81. The fraction of sp³-hybridized carbons (Fsp3) is 0.360. The average Bonchev–Trinajstić information content (AvgIpc) is 3.25. The summed E-state index contributed by atoms with van der Waals surface area (Å²) >= 11 is 0. The van der Waals surface area contributed by atoms with Crippen LogP contribution in [0.1, 0.15) is 50.1 Å². The van der Waals surface area contributed by atoms with Gasteiger partial charge in [0.2, 0.25) is 0 Å². The number of aryl methyl sites for hydroxylation is 1. The molecular weight excluding hydrogens is 374 g/mol. The molecule has 0 bridgehead atoms. The summed E-state index contributed by atoms with van der Waals surface area (Å²) in [5, 5.41) is 19.0. The minimum absolute atomic E-state index is 0.0499. The van der Waals surface area contributed by atoms with Crippen LogP contribution >= 0.6 is 0 Å². The summed E-state index contributed by atoms with van der Waals surface area (Å²) in [6.45, 7) is 7.32. The van der Waals surface area contributed by atoms with Crippen LogP contribution in [-0.4, -0.2) is 27.2 Å². The molecule has 0 radical (unpaired) electrons. The normalized spacial score (nSPS) is 14.0. The molecule has 0 fully saturated rings. The lowest BCUT2D eigenvalue weighted by atomic mass is 9.72. The molecule has 158 valence electrons. The Morgan fingerprint density at radius 3 is 2.43 bits per heavy atom. The first-order valence-corrected chi connectivity index (χ1v) is 10.4. The van der Waals surface area contributed by atoms with Crippen LogP contribution in [0, 0.1) is 5.92 Å². The monoisotopic (exact) mass is 405 g/mol. The van der Waals surface area contributed by atoms with Crippen molar-refractivity contribution in [3.63, 3.8) is 0 Å². The quantitative estimate of drug-likeness (QED) is 0.513. The molecule has 3 aromatic rings. The number of benzene rings is 2. The average molecular weight is 406 g/mol. The van der Waals surface area contributed by atoms with Gasteiger partial charge >= 0.3 is 0 Å². The number of hydrogen-bond donors (Lipinski definition) is 1. The van der Waals surface area contributed by atoms with E-state index >= 15 is 0 Å². The summed E-state index contributed by atoms with van der Waals surface area (Å²) in [7, 11) is 1.68. The Morgan fingerprint density at radius 2 is 1.80 bits per heavy atom. The molecule has 0 aliphatic rings. The smallest absolute Gasteiger partial charge is 0.124 e. The second-order valence-electron chi connectivity index (χ2n) is 8.09. The van der Waals surface area contributed by atoms with E-state index in [1.165, 1.54) is 5.56 Å². The first-order valence-electron chi connectivity index (χ1n) is 10.4. The molecule has 5 heteroatoms. The van der Waals surface area contributed by atoms with E-state index < -0.39 is 6.10 Å². The molecule has 1 aromatic heterocycles. The van der Waals surface area contributed by atoms with E-state index in [0.717, 1.165) is 24.3 Å². The van der Waals surface area contributed by atoms with Crippen LogP contribution in [0.4, 0.5) is 0 Å². The second-order valence-corrected chi connectivity index (χ2v) is 8.09. The van der Waals surface area contributed by atoms with Crippen molar-refractivity contribution in [2.24, 2.45) is 5.92 Å². The van der Waals surface area contributed by atoms with Crippen LogP contribution in [0.5, 0.6) is 5.75 Å². The summed E-state index contributed by atoms with van der Waals surface area (Å²) in [6.07, 6.45) is 6.36. The maximum Gasteiger partial charge on any atom is 0.124 e. The van der Waals surface area contributed by atoms with Crippen molar-refractivity contribution in [2.45, 2.75) is 45.3 Å². The Hall–Kier alpha value is -2.92. The number of nitrogens with zero attached hydrogens (tertiary/aromatic N) is 3. The number of rotatable bonds is 9. The Morgan fingerprint density at radius 1 is 1.10 bits per heavy atom. The summed E-state index contributed by atoms with van der Waals surface area (Å²) in [5.41, 5.74) is 2.60. The highest BCUT2D eigenvalue weighted by atomic mass is 16.5. The molecule has 0 aliphatic carbocycles. The highest BCUT2D eigenvalue weighted by Gasteiger charge is 2.29. The lowest BCUT2D eigenvalue weighted by molar-refractivity contribution is 0.215. The van der Waals surface area contributed by atoms with E-state index in [4.69, 9.17) is 4.74 Å². The molecule has 0 aliphatic heterocycles. The maximum absolute atomic E-state index is 10.6. The van der Waals surface area contributed by atoms with Gasteiger partial charge in [0, 0.05) is 6.54 Å². The maximum atomic E-state index is 10.6. The minimum Gasteiger partial charge on any atom is -0.497 e. The second kappa shape index (κ2) is 9.72. The van der Waals surface area contributed by atoms with Gasteiger partial charge in [0.15, 0.2) is 0 Å². The number of ether oxygens (including phenoxy) is 1. The van der Waals surface area contributed by atoms with Gasteiger partial charge in [-0.1, -0.05) is 73.7 Å². The largest absolute Gasteiger partial charge is 0.497 e. The van der Waals surface area contributed by atoms with E-state index in [-0.39, 0.29) is 5.41 Å². The summed E-state index contributed by atoms with van der Waals surface area (Å²) in [5.74, 6) is 1.19. The SMILES string of the molecule is C/C=C/[C@@H](CCn1cc([C@H](O)c2ccccc2)nn1)C(C)(C)c1ccc(OC)cc1. The van der Waals surface area contributed by atoms with Crippen molar-refractivity contribution in [1.29, 1.82) is 0 Å². The fourth-order valence-electron chi connectivity index (χ4n) is 3.79. The van der Waals surface area contributed by atoms with Gasteiger partial charge in [-0.25, -0.2) is 0 Å². The summed E-state index contributed by atoms with van der Waals surface area (Å²) < 4.78 is 7.12. The number of methoxy groups -OCH3 is 1. The van der Waals surface area contributed by atoms with Crippen molar-refractivity contribution >= 4 is 0 Å². The molecule has 1 heterocycles. The van der Waals surface area contributed by atoms with Crippen molar-refractivity contribution in [1.82, 2.24) is 15.0 Å². The third-order valence-electron chi connectivity index (χ3n) is 5.81. The van der Waals surface area contributed by atoms with Crippen LogP contribution in [0.25, 0.3) is 0 Å². The minimum atomic E-state index is -0.762. The summed E-state index contributed by atoms with van der Waals surface area (Å²) in [6, 6.07) is 17.8. The highest BCUT2D eigenvalue weighted by Crippen LogP contribution is 2.36. The number of aliphatic hydroxyl groups excluding tert-OH is 1. The number of aromatic nitrogens is 3. The van der Waals surface area contributed by atoms with Crippen LogP contribution in [0.3, 0.4) is 0 Å². The van der Waals surface area contributed by atoms with Crippen molar-refractivity contribution in [2.75, 3.05) is 7.11 Å². The van der Waals surface area contributed by atoms with Crippen LogP contribution in [0.15, 0.2) is 72.9 Å². The molecular formula is C25H31N3O2. The first-order chi connectivity index (χ1) is 14.5. The third kappa shape index (κ3) is 4.97. The van der Waals surface area contributed by atoms with Crippen LogP contribution < -0.4 is 4.74 Å². The number of hydrogen-bond acceptors (Lipinski definition) is 4. The van der Waals surface area contributed by atoms with Gasteiger partial charge < -0.3 is 9.84 Å². The predicted molar refractivity (Wildman–Crippen MR) is 119 cm³/mol. The number of aliphatic hydroxyl groups is 1. The lowest BCUT2D eigenvalue weighted by Crippen LogP contribution is -2.28. The van der Waals surface area contributed by atoms with E-state index in [1.54, 1.807) is 7.11 Å².